The summed E-state index contributed by atoms with van der Waals surface area (Å²) >= 11 is 1.21. The first-order chi connectivity index (χ1) is 7.93. The first-order valence-electron chi connectivity index (χ1n) is 4.37. The number of hydrogen-bond donors (Lipinski definition) is 3. The number of furan rings is 1. The van der Waals surface area contributed by atoms with E-state index in [0.717, 1.165) is 0 Å². The molecule has 0 spiro atoms. The van der Waals surface area contributed by atoms with E-state index >= 15 is 0 Å². The summed E-state index contributed by atoms with van der Waals surface area (Å²) < 4.78 is 21.4. The molecule has 17 heavy (non-hydrogen) atoms. The van der Waals surface area contributed by atoms with Gasteiger partial charge in [0, 0.05) is 0 Å². The average Bonchev–Trinajstić information content (AvgIpc) is 2.81. The molecular weight excluding hydrogens is 267 g/mol. The zero-order valence-corrected chi connectivity index (χ0v) is 10.4. The minimum atomic E-state index is -4.42. The molecule has 0 radical (unpaired) electrons. The van der Waals surface area contributed by atoms with E-state index in [0.29, 0.717) is 5.09 Å². The number of nitrogens with two attached hydrogens (primary N) is 1. The number of nitrogen functional groups attached to an aromatic ring is 1. The quantitative estimate of drug-likeness (QED) is 0.561. The second kappa shape index (κ2) is 4.23. The molecule has 0 saturated heterocycles. The fraction of sp³-hybridized carbons (Fsp3) is 0.125. The van der Waals surface area contributed by atoms with Crippen LogP contribution in [0.15, 0.2) is 26.3 Å². The Morgan fingerprint density at radius 3 is 2.82 bits per heavy atom. The number of oxazole rings is 1. The molecule has 0 saturated carbocycles. The molecule has 2 aromatic rings. The van der Waals surface area contributed by atoms with Gasteiger partial charge in [0.2, 0.25) is 0 Å². The molecule has 0 atom stereocenters. The van der Waals surface area contributed by atoms with Gasteiger partial charge in [-0.25, -0.2) is 0 Å². The maximum absolute atomic E-state index is 11.2. The second-order valence-corrected chi connectivity index (χ2v) is 5.42. The molecule has 9 heteroatoms. The summed E-state index contributed by atoms with van der Waals surface area (Å²) in [6.07, 6.45) is 2.91. The van der Waals surface area contributed by atoms with Crippen molar-refractivity contribution in [3.8, 4) is 11.5 Å². The molecule has 0 unspecified atom stereocenters. The van der Waals surface area contributed by atoms with E-state index in [9.17, 15) is 4.57 Å². The van der Waals surface area contributed by atoms with E-state index < -0.39 is 7.60 Å². The maximum atomic E-state index is 11.2. The molecule has 2 aromatic heterocycles. The van der Waals surface area contributed by atoms with Crippen LogP contribution in [0.1, 0.15) is 0 Å². The van der Waals surface area contributed by atoms with Crippen LogP contribution in [0.3, 0.4) is 0 Å². The fourth-order valence-corrected chi connectivity index (χ4v) is 2.49. The van der Waals surface area contributed by atoms with E-state index in [2.05, 4.69) is 4.98 Å². The highest BCUT2D eigenvalue weighted by Gasteiger charge is 2.28. The van der Waals surface area contributed by atoms with Gasteiger partial charge >= 0.3 is 7.60 Å². The summed E-state index contributed by atoms with van der Waals surface area (Å²) in [5.41, 5.74) is 5.59. The predicted octanol–water partition coefficient (Wildman–Crippen LogP) is 1.04. The number of rotatable bonds is 3. The van der Waals surface area contributed by atoms with Crippen molar-refractivity contribution in [2.75, 3.05) is 12.0 Å². The summed E-state index contributed by atoms with van der Waals surface area (Å²) in [6.45, 7) is 0. The normalized spacial score (nSPS) is 11.9. The van der Waals surface area contributed by atoms with Gasteiger partial charge in [-0.2, -0.15) is 4.98 Å². The zero-order valence-electron chi connectivity index (χ0n) is 8.65. The highest BCUT2D eigenvalue weighted by Crippen LogP contribution is 2.40. The molecule has 0 aliphatic heterocycles. The Morgan fingerprint density at radius 1 is 1.53 bits per heavy atom. The Bertz CT molecular complexity index is 587. The van der Waals surface area contributed by atoms with Gasteiger partial charge in [0.1, 0.15) is 5.30 Å². The van der Waals surface area contributed by atoms with E-state index in [1.807, 2.05) is 0 Å². The highest BCUT2D eigenvalue weighted by molar-refractivity contribution is 7.98. The van der Waals surface area contributed by atoms with Gasteiger partial charge < -0.3 is 24.4 Å². The smallest absolute Gasteiger partial charge is 0.360 e. The first kappa shape index (κ1) is 12.3. The molecule has 92 valence electrons. The first-order valence-corrected chi connectivity index (χ1v) is 7.21. The highest BCUT2D eigenvalue weighted by atomic mass is 32.2. The molecule has 0 amide bonds. The van der Waals surface area contributed by atoms with Crippen molar-refractivity contribution >= 4 is 30.7 Å². The Hall–Kier alpha value is -1.21. The monoisotopic (exact) mass is 276 g/mol. The number of nitrogens with zero attached hydrogens (tertiary/aromatic N) is 1. The fourth-order valence-electron chi connectivity index (χ4n) is 1.31. The molecule has 2 rings (SSSR count). The van der Waals surface area contributed by atoms with Crippen molar-refractivity contribution < 1.29 is 23.2 Å². The minimum Gasteiger partial charge on any atom is -0.462 e. The van der Waals surface area contributed by atoms with Crippen molar-refractivity contribution in [1.29, 1.82) is 0 Å². The van der Waals surface area contributed by atoms with Crippen LogP contribution in [0.2, 0.25) is 0 Å². The molecule has 0 aliphatic carbocycles. The van der Waals surface area contributed by atoms with Crippen LogP contribution in [0, 0.1) is 0 Å². The number of hydrogen-bond acceptors (Lipinski definition) is 6. The molecule has 2 heterocycles. The lowest BCUT2D eigenvalue weighted by atomic mass is 10.3. The van der Waals surface area contributed by atoms with Gasteiger partial charge in [-0.1, -0.05) is 11.8 Å². The Labute approximate surface area is 100 Å². The van der Waals surface area contributed by atoms with Crippen LogP contribution in [0.5, 0.6) is 0 Å². The molecule has 7 nitrogen and oxygen atoms in total. The van der Waals surface area contributed by atoms with Crippen molar-refractivity contribution in [3.05, 3.63) is 12.3 Å². The van der Waals surface area contributed by atoms with Crippen LogP contribution in [-0.2, 0) is 4.57 Å². The van der Waals surface area contributed by atoms with Gasteiger partial charge in [-0.15, -0.1) is 0 Å². The third kappa shape index (κ3) is 2.25. The van der Waals surface area contributed by atoms with Gasteiger partial charge in [-0.05, 0) is 12.3 Å². The van der Waals surface area contributed by atoms with Crippen LogP contribution in [0.4, 0.5) is 6.01 Å². The van der Waals surface area contributed by atoms with Gasteiger partial charge in [0.15, 0.2) is 16.5 Å². The molecule has 0 aromatic carbocycles. The molecular formula is C8H9N2O5PS. The minimum absolute atomic E-state index is 0.0249. The summed E-state index contributed by atoms with van der Waals surface area (Å²) in [5, 5.41) is 0.105. The third-order valence-electron chi connectivity index (χ3n) is 1.97. The molecule has 4 N–H and O–H groups in total. The van der Waals surface area contributed by atoms with Crippen LogP contribution in [0.25, 0.3) is 11.5 Å². The Morgan fingerprint density at radius 2 is 2.24 bits per heavy atom. The van der Waals surface area contributed by atoms with Crippen LogP contribution >= 0.6 is 19.4 Å². The van der Waals surface area contributed by atoms with Crippen molar-refractivity contribution in [2.24, 2.45) is 0 Å². The zero-order chi connectivity index (χ0) is 12.6. The number of anilines is 1. The van der Waals surface area contributed by atoms with E-state index in [-0.39, 0.29) is 22.8 Å². The molecule has 0 aliphatic rings. The third-order valence-corrected chi connectivity index (χ3v) is 3.60. The van der Waals surface area contributed by atoms with Crippen molar-refractivity contribution in [3.63, 3.8) is 0 Å². The lowest BCUT2D eigenvalue weighted by molar-refractivity contribution is 0.387. The van der Waals surface area contributed by atoms with E-state index in [1.165, 1.54) is 24.1 Å². The summed E-state index contributed by atoms with van der Waals surface area (Å²) in [6, 6.07) is 1.11. The topological polar surface area (TPSA) is 123 Å². The Balaban J connectivity index is 2.61. The summed E-state index contributed by atoms with van der Waals surface area (Å²) in [7, 11) is -4.42. The lowest BCUT2D eigenvalue weighted by Gasteiger charge is -2.02. The standard InChI is InChI=1S/C8H9N2O5PS/c1-17-7-5(10-8(9)15-7)6-4(2-3-14-6)16(11,12)13/h2-3H,1H3,(H2,9,10)(H2,11,12,13). The van der Waals surface area contributed by atoms with Crippen LogP contribution < -0.4 is 11.0 Å². The van der Waals surface area contributed by atoms with Gasteiger partial charge in [0.25, 0.3) is 6.01 Å². The number of aromatic nitrogens is 1. The Kier molecular flexibility index (Phi) is 3.05. The SMILES string of the molecule is CSc1oc(N)nc1-c1occc1P(=O)(O)O. The van der Waals surface area contributed by atoms with E-state index in [1.54, 1.807) is 6.26 Å². The maximum Gasteiger partial charge on any atom is 0.360 e. The van der Waals surface area contributed by atoms with E-state index in [4.69, 9.17) is 24.4 Å². The van der Waals surface area contributed by atoms with Crippen molar-refractivity contribution in [2.45, 2.75) is 5.09 Å². The predicted molar refractivity (Wildman–Crippen MR) is 62.1 cm³/mol. The lowest BCUT2D eigenvalue weighted by Crippen LogP contribution is -2.04. The summed E-state index contributed by atoms with van der Waals surface area (Å²) in [5.74, 6) is -0.0249. The number of thioether (sulfide) groups is 1. The van der Waals surface area contributed by atoms with Crippen LogP contribution in [-0.4, -0.2) is 21.0 Å². The van der Waals surface area contributed by atoms with Gasteiger partial charge in [0.05, 0.1) is 6.26 Å². The molecule has 0 fully saturated rings. The average molecular weight is 276 g/mol. The molecule has 0 bridgehead atoms. The second-order valence-electron chi connectivity index (χ2n) is 3.07. The summed E-state index contributed by atoms with van der Waals surface area (Å²) in [4.78, 5) is 22.1. The largest absolute Gasteiger partial charge is 0.462 e. The van der Waals surface area contributed by atoms with Crippen molar-refractivity contribution in [1.82, 2.24) is 4.98 Å². The van der Waals surface area contributed by atoms with Gasteiger partial charge in [-0.3, -0.25) is 4.57 Å².